The van der Waals surface area contributed by atoms with Gasteiger partial charge in [-0.3, -0.25) is 4.72 Å². The molecule has 25 heavy (non-hydrogen) atoms. The van der Waals surface area contributed by atoms with E-state index in [0.29, 0.717) is 12.2 Å². The molecule has 0 heterocycles. The van der Waals surface area contributed by atoms with Crippen molar-refractivity contribution in [2.45, 2.75) is 45.4 Å². The number of sulfonamides is 1. The lowest BCUT2D eigenvalue weighted by Crippen LogP contribution is -2.22. The van der Waals surface area contributed by atoms with Crippen molar-refractivity contribution in [1.82, 2.24) is 0 Å². The standard InChI is InChI=1S/C20H26N2O2S/c1-14(2)25(23,24)22-19-7-4-16(5-8-19)13-21-20-9-6-17-10-15(3)11-18(17)12-20/h4-9,12,14-15,21-22H,10-11,13H2,1-3H3. The van der Waals surface area contributed by atoms with Crippen LogP contribution in [0.15, 0.2) is 42.5 Å². The number of rotatable bonds is 6. The minimum absolute atomic E-state index is 0.448. The Morgan fingerprint density at radius 3 is 2.32 bits per heavy atom. The summed E-state index contributed by atoms with van der Waals surface area (Å²) in [6.07, 6.45) is 2.35. The lowest BCUT2D eigenvalue weighted by Gasteiger charge is -2.12. The maximum absolute atomic E-state index is 11.9. The highest BCUT2D eigenvalue weighted by molar-refractivity contribution is 7.93. The van der Waals surface area contributed by atoms with Crippen LogP contribution in [-0.2, 0) is 29.4 Å². The fraction of sp³-hybridized carbons (Fsp3) is 0.400. The molecule has 0 aliphatic heterocycles. The van der Waals surface area contributed by atoms with Crippen LogP contribution in [0.3, 0.4) is 0 Å². The van der Waals surface area contributed by atoms with Crippen LogP contribution in [0, 0.1) is 5.92 Å². The lowest BCUT2D eigenvalue weighted by molar-refractivity contribution is 0.593. The van der Waals surface area contributed by atoms with Crippen LogP contribution in [0.25, 0.3) is 0 Å². The molecule has 1 atom stereocenters. The Kier molecular flexibility index (Phi) is 5.04. The van der Waals surface area contributed by atoms with E-state index in [0.717, 1.165) is 23.6 Å². The summed E-state index contributed by atoms with van der Waals surface area (Å²) in [4.78, 5) is 0. The van der Waals surface area contributed by atoms with Crippen LogP contribution in [0.1, 0.15) is 37.5 Å². The van der Waals surface area contributed by atoms with Crippen molar-refractivity contribution in [3.8, 4) is 0 Å². The van der Waals surface area contributed by atoms with E-state index in [2.05, 4.69) is 35.2 Å². The molecule has 1 aliphatic carbocycles. The van der Waals surface area contributed by atoms with Crippen molar-refractivity contribution in [2.75, 3.05) is 10.0 Å². The predicted octanol–water partition coefficient (Wildman–Crippen LogP) is 4.18. The molecule has 2 aromatic rings. The number of fused-ring (bicyclic) bond motifs is 1. The molecule has 0 bridgehead atoms. The summed E-state index contributed by atoms with van der Waals surface area (Å²) in [5.74, 6) is 0.743. The molecule has 0 spiro atoms. The zero-order valence-corrected chi connectivity index (χ0v) is 15.9. The van der Waals surface area contributed by atoms with Crippen LogP contribution in [0.2, 0.25) is 0 Å². The first-order valence-electron chi connectivity index (χ1n) is 8.80. The molecule has 4 nitrogen and oxygen atoms in total. The number of hydrogen-bond donors (Lipinski definition) is 2. The van der Waals surface area contributed by atoms with Gasteiger partial charge in [-0.25, -0.2) is 8.42 Å². The molecule has 0 saturated heterocycles. The summed E-state index contributed by atoms with van der Waals surface area (Å²) < 4.78 is 26.4. The molecular weight excluding hydrogens is 332 g/mol. The predicted molar refractivity (Wildman–Crippen MR) is 104 cm³/mol. The van der Waals surface area contributed by atoms with E-state index in [1.807, 2.05) is 12.1 Å². The maximum atomic E-state index is 11.9. The Labute approximate surface area is 150 Å². The van der Waals surface area contributed by atoms with Crippen molar-refractivity contribution < 1.29 is 8.42 Å². The van der Waals surface area contributed by atoms with E-state index < -0.39 is 15.3 Å². The zero-order chi connectivity index (χ0) is 18.0. The smallest absolute Gasteiger partial charge is 0.235 e. The third kappa shape index (κ3) is 4.34. The molecule has 0 radical (unpaired) electrons. The van der Waals surface area contributed by atoms with Gasteiger partial charge in [0.15, 0.2) is 0 Å². The van der Waals surface area contributed by atoms with Gasteiger partial charge in [-0.1, -0.05) is 25.1 Å². The number of anilines is 2. The summed E-state index contributed by atoms with van der Waals surface area (Å²) in [6.45, 7) is 6.34. The first kappa shape index (κ1) is 17.8. The molecule has 0 saturated carbocycles. The first-order chi connectivity index (χ1) is 11.8. The van der Waals surface area contributed by atoms with Crippen LogP contribution < -0.4 is 10.0 Å². The van der Waals surface area contributed by atoms with Crippen LogP contribution >= 0.6 is 0 Å². The van der Waals surface area contributed by atoms with E-state index in [1.54, 1.807) is 26.0 Å². The van der Waals surface area contributed by atoms with Gasteiger partial charge < -0.3 is 5.32 Å². The summed E-state index contributed by atoms with van der Waals surface area (Å²) in [7, 11) is -3.30. The van der Waals surface area contributed by atoms with E-state index >= 15 is 0 Å². The molecule has 0 amide bonds. The second kappa shape index (κ2) is 7.08. The molecule has 0 fully saturated rings. The Morgan fingerprint density at radius 2 is 1.64 bits per heavy atom. The summed E-state index contributed by atoms with van der Waals surface area (Å²) >= 11 is 0. The van der Waals surface area contributed by atoms with Crippen LogP contribution in [0.4, 0.5) is 11.4 Å². The van der Waals surface area contributed by atoms with Crippen molar-refractivity contribution >= 4 is 21.4 Å². The third-order valence-corrected chi connectivity index (χ3v) is 6.44. The monoisotopic (exact) mass is 358 g/mol. The van der Waals surface area contributed by atoms with Crippen molar-refractivity contribution in [2.24, 2.45) is 5.92 Å². The molecule has 134 valence electrons. The number of hydrogen-bond acceptors (Lipinski definition) is 3. The SMILES string of the molecule is CC1Cc2ccc(NCc3ccc(NS(=O)(=O)C(C)C)cc3)cc2C1. The minimum atomic E-state index is -3.30. The largest absolute Gasteiger partial charge is 0.381 e. The van der Waals surface area contributed by atoms with Gasteiger partial charge in [-0.05, 0) is 73.6 Å². The first-order valence-corrected chi connectivity index (χ1v) is 10.3. The van der Waals surface area contributed by atoms with Crippen LogP contribution in [0.5, 0.6) is 0 Å². The van der Waals surface area contributed by atoms with E-state index in [9.17, 15) is 8.42 Å². The highest BCUT2D eigenvalue weighted by Crippen LogP contribution is 2.28. The van der Waals surface area contributed by atoms with Crippen molar-refractivity contribution in [3.63, 3.8) is 0 Å². The Morgan fingerprint density at radius 1 is 1.00 bits per heavy atom. The maximum Gasteiger partial charge on any atom is 0.235 e. The molecule has 1 unspecified atom stereocenters. The molecule has 3 rings (SSSR count). The van der Waals surface area contributed by atoms with Crippen molar-refractivity contribution in [1.29, 1.82) is 0 Å². The van der Waals surface area contributed by atoms with Gasteiger partial charge in [0.05, 0.1) is 5.25 Å². The summed E-state index contributed by atoms with van der Waals surface area (Å²) in [5.41, 5.74) is 5.78. The molecule has 1 aliphatic rings. The normalized spacial score (nSPS) is 16.7. The second-order valence-electron chi connectivity index (χ2n) is 7.24. The Balaban J connectivity index is 1.60. The van der Waals surface area contributed by atoms with Crippen molar-refractivity contribution in [3.05, 3.63) is 59.2 Å². The third-order valence-electron chi connectivity index (χ3n) is 4.67. The molecule has 0 aromatic heterocycles. The minimum Gasteiger partial charge on any atom is -0.381 e. The highest BCUT2D eigenvalue weighted by atomic mass is 32.2. The summed E-state index contributed by atoms with van der Waals surface area (Å²) in [5, 5.41) is 3.00. The fourth-order valence-electron chi connectivity index (χ4n) is 3.12. The molecular formula is C20H26N2O2S. The van der Waals surface area contributed by atoms with Gasteiger partial charge in [-0.15, -0.1) is 0 Å². The Hall–Kier alpha value is -2.01. The van der Waals surface area contributed by atoms with Gasteiger partial charge in [0, 0.05) is 17.9 Å². The van der Waals surface area contributed by atoms with Gasteiger partial charge in [0.25, 0.3) is 0 Å². The lowest BCUT2D eigenvalue weighted by atomic mass is 10.1. The van der Waals surface area contributed by atoms with Crippen LogP contribution in [-0.4, -0.2) is 13.7 Å². The zero-order valence-electron chi connectivity index (χ0n) is 15.0. The van der Waals surface area contributed by atoms with E-state index in [1.165, 1.54) is 17.5 Å². The van der Waals surface area contributed by atoms with E-state index in [4.69, 9.17) is 0 Å². The van der Waals surface area contributed by atoms with Gasteiger partial charge >= 0.3 is 0 Å². The average molecular weight is 359 g/mol. The summed E-state index contributed by atoms with van der Waals surface area (Å²) in [6, 6.07) is 14.1. The molecule has 5 heteroatoms. The topological polar surface area (TPSA) is 58.2 Å². The highest BCUT2D eigenvalue weighted by Gasteiger charge is 2.17. The number of nitrogens with one attached hydrogen (secondary N) is 2. The van der Waals surface area contributed by atoms with E-state index in [-0.39, 0.29) is 0 Å². The quantitative estimate of drug-likeness (QED) is 0.814. The van der Waals surface area contributed by atoms with Gasteiger partial charge in [0.2, 0.25) is 10.0 Å². The molecule has 2 N–H and O–H groups in total. The molecule has 2 aromatic carbocycles. The van der Waals surface area contributed by atoms with Gasteiger partial charge in [0.1, 0.15) is 0 Å². The Bertz CT molecular complexity index is 842. The number of benzene rings is 2. The average Bonchev–Trinajstić information content (AvgIpc) is 2.93. The van der Waals surface area contributed by atoms with Gasteiger partial charge in [-0.2, -0.15) is 0 Å². The second-order valence-corrected chi connectivity index (χ2v) is 9.48. The fourth-order valence-corrected chi connectivity index (χ4v) is 3.83.